The molecule has 0 aliphatic rings. The van der Waals surface area contributed by atoms with E-state index in [1.54, 1.807) is 19.2 Å². The number of hydrogen-bond donors (Lipinski definition) is 1. The van der Waals surface area contributed by atoms with Crippen molar-refractivity contribution < 1.29 is 14.4 Å². The predicted molar refractivity (Wildman–Crippen MR) is 78.6 cm³/mol. The molecule has 2 aromatic heterocycles. The number of benzene rings is 1. The van der Waals surface area contributed by atoms with Crippen molar-refractivity contribution in [2.45, 2.75) is 6.92 Å². The second kappa shape index (κ2) is 5.98. The SMILES string of the molecule is CCOc1cc(-c2nc(-c3cnccn3)no2)cc(Cl)c1O. The third-order valence-electron chi connectivity index (χ3n) is 2.79. The summed E-state index contributed by atoms with van der Waals surface area (Å²) in [5.74, 6) is 0.680. The van der Waals surface area contributed by atoms with Crippen molar-refractivity contribution >= 4 is 11.6 Å². The number of rotatable bonds is 4. The van der Waals surface area contributed by atoms with Gasteiger partial charge in [0.1, 0.15) is 5.69 Å². The van der Waals surface area contributed by atoms with Crippen LogP contribution in [0.2, 0.25) is 5.02 Å². The van der Waals surface area contributed by atoms with Crippen molar-refractivity contribution in [3.8, 4) is 34.5 Å². The summed E-state index contributed by atoms with van der Waals surface area (Å²) in [7, 11) is 0. The molecule has 8 heteroatoms. The van der Waals surface area contributed by atoms with Crippen molar-refractivity contribution in [3.05, 3.63) is 35.7 Å². The molecule has 0 spiro atoms. The van der Waals surface area contributed by atoms with E-state index in [2.05, 4.69) is 20.1 Å². The van der Waals surface area contributed by atoms with Gasteiger partial charge in [-0.1, -0.05) is 16.8 Å². The fourth-order valence-electron chi connectivity index (χ4n) is 1.82. The molecule has 0 bridgehead atoms. The summed E-state index contributed by atoms with van der Waals surface area (Å²) in [5.41, 5.74) is 1.03. The molecule has 0 radical (unpaired) electrons. The monoisotopic (exact) mass is 318 g/mol. The summed E-state index contributed by atoms with van der Waals surface area (Å²) in [5, 5.41) is 13.8. The van der Waals surface area contributed by atoms with Gasteiger partial charge in [-0.15, -0.1) is 0 Å². The van der Waals surface area contributed by atoms with Crippen LogP contribution in [-0.2, 0) is 0 Å². The molecule has 112 valence electrons. The molecule has 0 fully saturated rings. The summed E-state index contributed by atoms with van der Waals surface area (Å²) in [6.45, 7) is 2.20. The third-order valence-corrected chi connectivity index (χ3v) is 3.08. The topological polar surface area (TPSA) is 94.2 Å². The van der Waals surface area contributed by atoms with Crippen molar-refractivity contribution in [1.82, 2.24) is 20.1 Å². The Morgan fingerprint density at radius 2 is 2.18 bits per heavy atom. The van der Waals surface area contributed by atoms with Crippen LogP contribution >= 0.6 is 11.6 Å². The molecule has 7 nitrogen and oxygen atoms in total. The molecule has 0 saturated carbocycles. The van der Waals surface area contributed by atoms with Crippen LogP contribution in [0.4, 0.5) is 0 Å². The first-order valence-electron chi connectivity index (χ1n) is 6.44. The quantitative estimate of drug-likeness (QED) is 0.790. The Morgan fingerprint density at radius 1 is 1.32 bits per heavy atom. The van der Waals surface area contributed by atoms with E-state index in [1.165, 1.54) is 18.5 Å². The largest absolute Gasteiger partial charge is 0.503 e. The van der Waals surface area contributed by atoms with E-state index in [9.17, 15) is 5.11 Å². The zero-order valence-electron chi connectivity index (χ0n) is 11.5. The van der Waals surface area contributed by atoms with E-state index >= 15 is 0 Å². The van der Waals surface area contributed by atoms with Gasteiger partial charge in [0.25, 0.3) is 5.89 Å². The summed E-state index contributed by atoms with van der Waals surface area (Å²) in [6, 6.07) is 3.10. The second-order valence-electron chi connectivity index (χ2n) is 4.25. The Kier molecular flexibility index (Phi) is 3.88. The Balaban J connectivity index is 2.00. The number of halogens is 1. The first-order valence-corrected chi connectivity index (χ1v) is 6.82. The lowest BCUT2D eigenvalue weighted by Gasteiger charge is -2.08. The zero-order chi connectivity index (χ0) is 15.5. The normalized spacial score (nSPS) is 10.6. The first-order chi connectivity index (χ1) is 10.7. The Hall–Kier alpha value is -2.67. The van der Waals surface area contributed by atoms with E-state index in [-0.39, 0.29) is 22.4 Å². The number of phenolic OH excluding ortho intramolecular Hbond substituents is 1. The van der Waals surface area contributed by atoms with Crippen LogP contribution in [0.1, 0.15) is 6.92 Å². The van der Waals surface area contributed by atoms with Gasteiger partial charge in [0, 0.05) is 18.0 Å². The summed E-state index contributed by atoms with van der Waals surface area (Å²) < 4.78 is 10.5. The van der Waals surface area contributed by atoms with Gasteiger partial charge in [-0.05, 0) is 19.1 Å². The van der Waals surface area contributed by atoms with Crippen LogP contribution in [0.25, 0.3) is 23.0 Å². The van der Waals surface area contributed by atoms with Crippen molar-refractivity contribution in [1.29, 1.82) is 0 Å². The highest BCUT2D eigenvalue weighted by molar-refractivity contribution is 6.32. The lowest BCUT2D eigenvalue weighted by molar-refractivity contribution is 0.318. The fraction of sp³-hybridized carbons (Fsp3) is 0.143. The van der Waals surface area contributed by atoms with Gasteiger partial charge < -0.3 is 14.4 Å². The molecule has 1 N–H and O–H groups in total. The van der Waals surface area contributed by atoms with Gasteiger partial charge in [-0.25, -0.2) is 4.98 Å². The number of phenols is 1. The maximum Gasteiger partial charge on any atom is 0.258 e. The van der Waals surface area contributed by atoms with Crippen LogP contribution < -0.4 is 4.74 Å². The van der Waals surface area contributed by atoms with E-state index < -0.39 is 0 Å². The molecule has 2 heterocycles. The molecule has 0 atom stereocenters. The zero-order valence-corrected chi connectivity index (χ0v) is 12.3. The molecular weight excluding hydrogens is 308 g/mol. The van der Waals surface area contributed by atoms with Gasteiger partial charge in [-0.2, -0.15) is 4.98 Å². The van der Waals surface area contributed by atoms with Crippen LogP contribution in [0.3, 0.4) is 0 Å². The predicted octanol–water partition coefficient (Wildman–Crippen LogP) is 2.95. The lowest BCUT2D eigenvalue weighted by Crippen LogP contribution is -1.93. The average molecular weight is 319 g/mol. The Bertz CT molecular complexity index is 792. The highest BCUT2D eigenvalue weighted by Crippen LogP contribution is 2.38. The number of aromatic nitrogens is 4. The minimum Gasteiger partial charge on any atom is -0.503 e. The summed E-state index contributed by atoms with van der Waals surface area (Å²) >= 11 is 5.99. The highest BCUT2D eigenvalue weighted by atomic mass is 35.5. The number of hydrogen-bond acceptors (Lipinski definition) is 7. The van der Waals surface area contributed by atoms with Crippen molar-refractivity contribution in [2.24, 2.45) is 0 Å². The molecule has 0 amide bonds. The van der Waals surface area contributed by atoms with E-state index in [0.717, 1.165) is 0 Å². The summed E-state index contributed by atoms with van der Waals surface area (Å²) in [4.78, 5) is 12.3. The minimum absolute atomic E-state index is 0.124. The van der Waals surface area contributed by atoms with E-state index in [1.807, 2.05) is 0 Å². The molecule has 0 aliphatic carbocycles. The smallest absolute Gasteiger partial charge is 0.258 e. The summed E-state index contributed by atoms with van der Waals surface area (Å²) in [6.07, 6.45) is 4.62. The third kappa shape index (κ3) is 2.71. The van der Waals surface area contributed by atoms with Crippen LogP contribution in [0.15, 0.2) is 35.2 Å². The molecule has 3 aromatic rings. The molecule has 0 aliphatic heterocycles. The minimum atomic E-state index is -0.124. The highest BCUT2D eigenvalue weighted by Gasteiger charge is 2.16. The average Bonchev–Trinajstić information content (AvgIpc) is 3.02. The molecule has 3 rings (SSSR count). The van der Waals surface area contributed by atoms with E-state index in [0.29, 0.717) is 23.7 Å². The van der Waals surface area contributed by atoms with Gasteiger partial charge in [0.2, 0.25) is 5.82 Å². The van der Waals surface area contributed by atoms with E-state index in [4.69, 9.17) is 20.9 Å². The van der Waals surface area contributed by atoms with Crippen LogP contribution in [-0.4, -0.2) is 31.8 Å². The first kappa shape index (κ1) is 14.3. The number of aromatic hydroxyl groups is 1. The van der Waals surface area contributed by atoms with Crippen LogP contribution in [0.5, 0.6) is 11.5 Å². The second-order valence-corrected chi connectivity index (χ2v) is 4.66. The van der Waals surface area contributed by atoms with Crippen molar-refractivity contribution in [2.75, 3.05) is 6.61 Å². The molecule has 0 saturated heterocycles. The van der Waals surface area contributed by atoms with Crippen molar-refractivity contribution in [3.63, 3.8) is 0 Å². The Labute approximate surface area is 130 Å². The standard InChI is InChI=1S/C14H11ClN4O3/c1-2-21-11-6-8(5-9(15)12(11)20)14-18-13(19-22-14)10-7-16-3-4-17-10/h3-7,20H,2H2,1H3. The van der Waals surface area contributed by atoms with Gasteiger partial charge in [0.05, 0.1) is 17.8 Å². The number of ether oxygens (including phenoxy) is 1. The fourth-order valence-corrected chi connectivity index (χ4v) is 2.03. The molecule has 1 aromatic carbocycles. The maximum atomic E-state index is 9.84. The number of nitrogens with zero attached hydrogens (tertiary/aromatic N) is 4. The van der Waals surface area contributed by atoms with Crippen LogP contribution in [0, 0.1) is 0 Å². The maximum absolute atomic E-state index is 9.84. The van der Waals surface area contributed by atoms with Gasteiger partial charge >= 0.3 is 0 Å². The van der Waals surface area contributed by atoms with Gasteiger partial charge in [-0.3, -0.25) is 4.98 Å². The lowest BCUT2D eigenvalue weighted by atomic mass is 10.2. The molecule has 0 unspecified atom stereocenters. The molecular formula is C14H11ClN4O3. The Morgan fingerprint density at radius 3 is 2.91 bits per heavy atom. The van der Waals surface area contributed by atoms with Gasteiger partial charge in [0.15, 0.2) is 11.5 Å². The molecule has 22 heavy (non-hydrogen) atoms.